The van der Waals surface area contributed by atoms with Gasteiger partial charge in [-0.05, 0) is 31.4 Å². The Kier molecular flexibility index (Phi) is 8.00. The Hall–Kier alpha value is -1.30. The highest BCUT2D eigenvalue weighted by Gasteiger charge is 2.27. The molecule has 1 fully saturated rings. The summed E-state index contributed by atoms with van der Waals surface area (Å²) in [4.78, 5) is 5.01. The average Bonchev–Trinajstić information content (AvgIpc) is 2.61. The molecule has 0 spiro atoms. The molecule has 0 amide bonds. The summed E-state index contributed by atoms with van der Waals surface area (Å²) < 4.78 is 11.0. The van der Waals surface area contributed by atoms with Crippen LogP contribution < -0.4 is 9.47 Å². The number of hydrogen-bond acceptors (Lipinski definition) is 5. The molecule has 25 heavy (non-hydrogen) atoms. The van der Waals surface area contributed by atoms with E-state index < -0.39 is 0 Å². The summed E-state index contributed by atoms with van der Waals surface area (Å²) >= 11 is 0. The van der Waals surface area contributed by atoms with E-state index in [2.05, 4.69) is 29.7 Å². The number of para-hydroxylation sites is 1. The Morgan fingerprint density at radius 1 is 1.20 bits per heavy atom. The monoisotopic (exact) mass is 350 g/mol. The first kappa shape index (κ1) is 20.0. The van der Waals surface area contributed by atoms with Crippen LogP contribution in [0.15, 0.2) is 18.2 Å². The minimum Gasteiger partial charge on any atom is -0.493 e. The fraction of sp³-hybridized carbons (Fsp3) is 0.700. The van der Waals surface area contributed by atoms with Gasteiger partial charge in [0.15, 0.2) is 11.5 Å². The Morgan fingerprint density at radius 3 is 2.64 bits per heavy atom. The first-order valence-corrected chi connectivity index (χ1v) is 9.36. The van der Waals surface area contributed by atoms with Crippen LogP contribution in [-0.4, -0.2) is 68.0 Å². The topological polar surface area (TPSA) is 45.2 Å². The summed E-state index contributed by atoms with van der Waals surface area (Å²) in [6.45, 7) is 9.85. The second-order valence-corrected chi connectivity index (χ2v) is 7.27. The summed E-state index contributed by atoms with van der Waals surface area (Å²) in [7, 11) is 3.37. The lowest BCUT2D eigenvalue weighted by Crippen LogP contribution is -2.53. The van der Waals surface area contributed by atoms with Crippen molar-refractivity contribution in [2.24, 2.45) is 5.92 Å². The normalized spacial score (nSPS) is 19.4. The molecular formula is C20H34N2O3. The van der Waals surface area contributed by atoms with Crippen molar-refractivity contribution in [2.75, 3.05) is 47.0 Å². The lowest BCUT2D eigenvalue weighted by Gasteiger charge is -2.42. The van der Waals surface area contributed by atoms with E-state index in [1.807, 2.05) is 12.1 Å². The number of hydrogen-bond donors (Lipinski definition) is 1. The van der Waals surface area contributed by atoms with Crippen LogP contribution in [0.25, 0.3) is 0 Å². The van der Waals surface area contributed by atoms with Gasteiger partial charge < -0.3 is 14.6 Å². The van der Waals surface area contributed by atoms with Crippen LogP contribution >= 0.6 is 0 Å². The standard InChI is InChI=1S/C20H34N2O3/c1-16(2)8-10-22-12-11-21(15-18(22)9-13-23)14-17-6-5-7-19(24-3)20(17)25-4/h5-7,16,18,23H,8-15H2,1-4H3/t18-/m1/s1. The fourth-order valence-electron chi connectivity index (χ4n) is 3.56. The zero-order chi connectivity index (χ0) is 18.2. The molecule has 1 atom stereocenters. The van der Waals surface area contributed by atoms with Crippen molar-refractivity contribution in [3.63, 3.8) is 0 Å². The summed E-state index contributed by atoms with van der Waals surface area (Å²) in [5.74, 6) is 2.32. The van der Waals surface area contributed by atoms with E-state index in [-0.39, 0.29) is 6.61 Å². The van der Waals surface area contributed by atoms with Gasteiger partial charge in [0.1, 0.15) is 0 Å². The minimum atomic E-state index is 0.249. The second-order valence-electron chi connectivity index (χ2n) is 7.27. The van der Waals surface area contributed by atoms with Crippen LogP contribution in [0.3, 0.4) is 0 Å². The van der Waals surface area contributed by atoms with E-state index >= 15 is 0 Å². The number of nitrogens with zero attached hydrogens (tertiary/aromatic N) is 2. The largest absolute Gasteiger partial charge is 0.493 e. The van der Waals surface area contributed by atoms with Crippen LogP contribution in [-0.2, 0) is 6.54 Å². The van der Waals surface area contributed by atoms with Gasteiger partial charge in [-0.2, -0.15) is 0 Å². The van der Waals surface area contributed by atoms with Gasteiger partial charge >= 0.3 is 0 Å². The maximum atomic E-state index is 9.46. The maximum absolute atomic E-state index is 9.46. The van der Waals surface area contributed by atoms with Gasteiger partial charge in [-0.3, -0.25) is 9.80 Å². The molecule has 0 unspecified atom stereocenters. The summed E-state index contributed by atoms with van der Waals surface area (Å²) in [5, 5.41) is 9.46. The number of rotatable bonds is 9. The van der Waals surface area contributed by atoms with Crippen LogP contribution in [0.1, 0.15) is 32.3 Å². The van der Waals surface area contributed by atoms with Crippen molar-refractivity contribution in [1.82, 2.24) is 9.80 Å². The van der Waals surface area contributed by atoms with Crippen molar-refractivity contribution < 1.29 is 14.6 Å². The first-order chi connectivity index (χ1) is 12.1. The predicted octanol–water partition coefficient (Wildman–Crippen LogP) is 2.62. The zero-order valence-electron chi connectivity index (χ0n) is 16.2. The molecule has 5 nitrogen and oxygen atoms in total. The molecule has 142 valence electrons. The number of piperazine rings is 1. The Balaban J connectivity index is 2.02. The molecule has 0 aromatic heterocycles. The molecule has 1 aliphatic heterocycles. The van der Waals surface area contributed by atoms with Crippen LogP contribution in [0.2, 0.25) is 0 Å². The van der Waals surface area contributed by atoms with E-state index in [4.69, 9.17) is 9.47 Å². The highest BCUT2D eigenvalue weighted by Crippen LogP contribution is 2.32. The highest BCUT2D eigenvalue weighted by atomic mass is 16.5. The van der Waals surface area contributed by atoms with Gasteiger partial charge in [0.05, 0.1) is 14.2 Å². The molecule has 1 aliphatic rings. The van der Waals surface area contributed by atoms with Gasteiger partial charge in [-0.1, -0.05) is 26.0 Å². The predicted molar refractivity (Wildman–Crippen MR) is 101 cm³/mol. The molecule has 1 saturated heterocycles. The molecule has 1 heterocycles. The second kappa shape index (κ2) is 10.00. The lowest BCUT2D eigenvalue weighted by molar-refractivity contribution is 0.0520. The highest BCUT2D eigenvalue weighted by molar-refractivity contribution is 5.46. The molecule has 1 aromatic rings. The number of aliphatic hydroxyl groups is 1. The molecule has 0 radical (unpaired) electrons. The van der Waals surface area contributed by atoms with Crippen molar-refractivity contribution in [2.45, 2.75) is 39.3 Å². The van der Waals surface area contributed by atoms with Gasteiger partial charge in [0.25, 0.3) is 0 Å². The van der Waals surface area contributed by atoms with Crippen molar-refractivity contribution in [1.29, 1.82) is 0 Å². The van der Waals surface area contributed by atoms with Gasteiger partial charge in [-0.25, -0.2) is 0 Å². The van der Waals surface area contributed by atoms with Crippen LogP contribution in [0, 0.1) is 5.92 Å². The molecule has 0 bridgehead atoms. The van der Waals surface area contributed by atoms with E-state index in [1.165, 1.54) is 6.42 Å². The third-order valence-corrected chi connectivity index (χ3v) is 5.02. The van der Waals surface area contributed by atoms with E-state index in [1.54, 1.807) is 14.2 Å². The number of benzene rings is 1. The molecule has 2 rings (SSSR count). The number of methoxy groups -OCH3 is 2. The zero-order valence-corrected chi connectivity index (χ0v) is 16.2. The molecule has 0 saturated carbocycles. The van der Waals surface area contributed by atoms with Gasteiger partial charge in [0, 0.05) is 44.4 Å². The minimum absolute atomic E-state index is 0.249. The quantitative estimate of drug-likeness (QED) is 0.742. The Morgan fingerprint density at radius 2 is 2.00 bits per heavy atom. The summed E-state index contributed by atoms with van der Waals surface area (Å²) in [6, 6.07) is 6.48. The van der Waals surface area contributed by atoms with Gasteiger partial charge in [0.2, 0.25) is 0 Å². The van der Waals surface area contributed by atoms with Crippen molar-refractivity contribution in [3.8, 4) is 11.5 Å². The first-order valence-electron chi connectivity index (χ1n) is 9.36. The lowest BCUT2D eigenvalue weighted by atomic mass is 10.0. The molecule has 5 heteroatoms. The smallest absolute Gasteiger partial charge is 0.165 e. The maximum Gasteiger partial charge on any atom is 0.165 e. The van der Waals surface area contributed by atoms with E-state index in [0.29, 0.717) is 12.0 Å². The van der Waals surface area contributed by atoms with E-state index in [9.17, 15) is 5.11 Å². The summed E-state index contributed by atoms with van der Waals surface area (Å²) in [6.07, 6.45) is 2.05. The average molecular weight is 351 g/mol. The van der Waals surface area contributed by atoms with Crippen molar-refractivity contribution in [3.05, 3.63) is 23.8 Å². The number of ether oxygens (including phenoxy) is 2. The summed E-state index contributed by atoms with van der Waals surface area (Å²) in [5.41, 5.74) is 1.15. The van der Waals surface area contributed by atoms with Gasteiger partial charge in [-0.15, -0.1) is 0 Å². The third kappa shape index (κ3) is 5.59. The Labute approximate surface area is 152 Å². The number of aliphatic hydroxyl groups excluding tert-OH is 1. The molecule has 0 aliphatic carbocycles. The molecular weight excluding hydrogens is 316 g/mol. The van der Waals surface area contributed by atoms with Crippen molar-refractivity contribution >= 4 is 0 Å². The van der Waals surface area contributed by atoms with Crippen LogP contribution in [0.4, 0.5) is 0 Å². The third-order valence-electron chi connectivity index (χ3n) is 5.02. The fourth-order valence-corrected chi connectivity index (χ4v) is 3.56. The molecule has 1 N–H and O–H groups in total. The SMILES string of the molecule is COc1cccc(CN2CCN(CCC(C)C)[C@H](CCO)C2)c1OC. The van der Waals surface area contributed by atoms with Crippen LogP contribution in [0.5, 0.6) is 11.5 Å². The van der Waals surface area contributed by atoms with E-state index in [0.717, 1.165) is 56.2 Å². The molecule has 1 aromatic carbocycles. The Bertz CT molecular complexity index is 522.